The first-order valence-corrected chi connectivity index (χ1v) is 7.74. The summed E-state index contributed by atoms with van der Waals surface area (Å²) in [6, 6.07) is 10.8. The normalized spacial score (nSPS) is 15.4. The molecule has 0 spiro atoms. The summed E-state index contributed by atoms with van der Waals surface area (Å²) in [5, 5.41) is 5.59. The third-order valence-electron chi connectivity index (χ3n) is 3.73. The third kappa shape index (κ3) is 2.89. The highest BCUT2D eigenvalue weighted by Gasteiger charge is 2.20. The Hall–Kier alpha value is -1.16. The Morgan fingerprint density at radius 2 is 2.11 bits per heavy atom. The molecule has 19 heavy (non-hydrogen) atoms. The number of fused-ring (bicyclic) bond motifs is 1. The van der Waals surface area contributed by atoms with Crippen LogP contribution < -0.4 is 5.32 Å². The minimum absolute atomic E-state index is 1.00. The topological polar surface area (TPSA) is 15.3 Å². The van der Waals surface area contributed by atoms with E-state index < -0.39 is 0 Å². The van der Waals surface area contributed by atoms with Crippen molar-refractivity contribution in [3.05, 3.63) is 57.3 Å². The molecule has 1 aliphatic heterocycles. The van der Waals surface area contributed by atoms with Gasteiger partial charge >= 0.3 is 0 Å². The van der Waals surface area contributed by atoms with Gasteiger partial charge in [0.25, 0.3) is 0 Å². The first-order valence-electron chi connectivity index (χ1n) is 6.86. The van der Waals surface area contributed by atoms with Crippen molar-refractivity contribution in [2.45, 2.75) is 26.1 Å². The van der Waals surface area contributed by atoms with Crippen LogP contribution in [0.2, 0.25) is 0 Å². The highest BCUT2D eigenvalue weighted by atomic mass is 32.1. The maximum Gasteiger partial charge on any atom is 0.0334 e. The molecule has 2 aromatic rings. The van der Waals surface area contributed by atoms with Crippen molar-refractivity contribution in [2.24, 2.45) is 0 Å². The molecule has 0 amide bonds. The number of hydrogen-bond donors (Lipinski definition) is 1. The van der Waals surface area contributed by atoms with E-state index in [2.05, 4.69) is 45.9 Å². The predicted octanol–water partition coefficient (Wildman–Crippen LogP) is 3.03. The molecule has 2 heterocycles. The van der Waals surface area contributed by atoms with Crippen molar-refractivity contribution in [3.8, 4) is 0 Å². The zero-order valence-electron chi connectivity index (χ0n) is 11.4. The SMILES string of the molecule is CNCc1csc2c1CCN(Cc1ccccc1)C2. The third-order valence-corrected chi connectivity index (χ3v) is 4.79. The van der Waals surface area contributed by atoms with Gasteiger partial charge in [-0.1, -0.05) is 30.3 Å². The second kappa shape index (κ2) is 5.87. The summed E-state index contributed by atoms with van der Waals surface area (Å²) in [5.41, 5.74) is 4.52. The predicted molar refractivity (Wildman–Crippen MR) is 81.3 cm³/mol. The van der Waals surface area contributed by atoms with Crippen LogP contribution in [0.4, 0.5) is 0 Å². The van der Waals surface area contributed by atoms with Crippen molar-refractivity contribution < 1.29 is 0 Å². The molecule has 0 unspecified atom stereocenters. The number of thiophene rings is 1. The summed E-state index contributed by atoms with van der Waals surface area (Å²) in [5.74, 6) is 0. The molecule has 0 aliphatic carbocycles. The second-order valence-electron chi connectivity index (χ2n) is 5.14. The maximum atomic E-state index is 3.26. The van der Waals surface area contributed by atoms with Gasteiger partial charge in [-0.2, -0.15) is 0 Å². The first kappa shape index (κ1) is 12.9. The van der Waals surface area contributed by atoms with E-state index >= 15 is 0 Å². The smallest absolute Gasteiger partial charge is 0.0334 e. The van der Waals surface area contributed by atoms with Gasteiger partial charge < -0.3 is 5.32 Å². The van der Waals surface area contributed by atoms with E-state index in [1.807, 2.05) is 18.4 Å². The molecule has 3 rings (SSSR count). The fourth-order valence-corrected chi connectivity index (χ4v) is 3.91. The van der Waals surface area contributed by atoms with Crippen LogP contribution in [0.5, 0.6) is 0 Å². The summed E-state index contributed by atoms with van der Waals surface area (Å²) >= 11 is 1.92. The van der Waals surface area contributed by atoms with E-state index in [9.17, 15) is 0 Å². The van der Waals surface area contributed by atoms with Crippen LogP contribution in [-0.4, -0.2) is 18.5 Å². The standard InChI is InChI=1S/C16H20N2S/c1-17-9-14-12-19-16-11-18(8-7-15(14)16)10-13-5-3-2-4-6-13/h2-6,12,17H,7-11H2,1H3. The van der Waals surface area contributed by atoms with Gasteiger partial charge in [0.05, 0.1) is 0 Å². The van der Waals surface area contributed by atoms with E-state index in [0.717, 1.165) is 19.6 Å². The van der Waals surface area contributed by atoms with Crippen molar-refractivity contribution in [1.82, 2.24) is 10.2 Å². The first-order chi connectivity index (χ1) is 9.36. The zero-order chi connectivity index (χ0) is 13.1. The fourth-order valence-electron chi connectivity index (χ4n) is 2.76. The molecule has 3 heteroatoms. The number of nitrogens with zero attached hydrogens (tertiary/aromatic N) is 1. The quantitative estimate of drug-likeness (QED) is 0.920. The molecular weight excluding hydrogens is 252 g/mol. The van der Waals surface area contributed by atoms with Gasteiger partial charge in [0.15, 0.2) is 0 Å². The van der Waals surface area contributed by atoms with Crippen molar-refractivity contribution in [2.75, 3.05) is 13.6 Å². The summed E-state index contributed by atoms with van der Waals surface area (Å²) in [6.45, 7) is 4.36. The van der Waals surface area contributed by atoms with Crippen LogP contribution in [0.1, 0.15) is 21.6 Å². The molecule has 0 bridgehead atoms. The van der Waals surface area contributed by atoms with Crippen molar-refractivity contribution in [1.29, 1.82) is 0 Å². The van der Waals surface area contributed by atoms with Crippen LogP contribution in [0, 0.1) is 0 Å². The van der Waals surface area contributed by atoms with E-state index in [0.29, 0.717) is 0 Å². The van der Waals surface area contributed by atoms with Crippen LogP contribution in [0.3, 0.4) is 0 Å². The summed E-state index contributed by atoms with van der Waals surface area (Å²) in [7, 11) is 2.02. The fraction of sp³-hybridized carbons (Fsp3) is 0.375. The van der Waals surface area contributed by atoms with E-state index in [1.165, 1.54) is 24.1 Å². The summed E-state index contributed by atoms with van der Waals surface area (Å²) in [6.07, 6.45) is 1.20. The van der Waals surface area contributed by atoms with Crippen LogP contribution >= 0.6 is 11.3 Å². The summed E-state index contributed by atoms with van der Waals surface area (Å²) in [4.78, 5) is 4.12. The van der Waals surface area contributed by atoms with Gasteiger partial charge in [0.2, 0.25) is 0 Å². The molecule has 1 aromatic carbocycles. The molecule has 0 atom stereocenters. The molecule has 0 radical (unpaired) electrons. The van der Waals surface area contributed by atoms with Crippen LogP contribution in [0.25, 0.3) is 0 Å². The zero-order valence-corrected chi connectivity index (χ0v) is 12.2. The number of rotatable bonds is 4. The van der Waals surface area contributed by atoms with Gasteiger partial charge in [-0.3, -0.25) is 4.90 Å². The summed E-state index contributed by atoms with van der Waals surface area (Å²) < 4.78 is 0. The highest BCUT2D eigenvalue weighted by Crippen LogP contribution is 2.29. The lowest BCUT2D eigenvalue weighted by Crippen LogP contribution is -2.29. The Labute approximate surface area is 119 Å². The average molecular weight is 272 g/mol. The molecule has 0 saturated heterocycles. The van der Waals surface area contributed by atoms with Gasteiger partial charge in [-0.05, 0) is 35.5 Å². The van der Waals surface area contributed by atoms with Crippen LogP contribution in [0.15, 0.2) is 35.7 Å². The van der Waals surface area contributed by atoms with Gasteiger partial charge in [-0.25, -0.2) is 0 Å². The minimum Gasteiger partial charge on any atom is -0.316 e. The van der Waals surface area contributed by atoms with E-state index in [1.54, 1.807) is 10.4 Å². The monoisotopic (exact) mass is 272 g/mol. The van der Waals surface area contributed by atoms with Crippen LogP contribution in [-0.2, 0) is 26.1 Å². The molecule has 0 fully saturated rings. The minimum atomic E-state index is 1.00. The Kier molecular flexibility index (Phi) is 3.97. The van der Waals surface area contributed by atoms with Crippen molar-refractivity contribution >= 4 is 11.3 Å². The lowest BCUT2D eigenvalue weighted by molar-refractivity contribution is 0.248. The number of hydrogen-bond acceptors (Lipinski definition) is 3. The number of nitrogens with one attached hydrogen (secondary N) is 1. The lowest BCUT2D eigenvalue weighted by atomic mass is 10.0. The Balaban J connectivity index is 1.69. The molecule has 0 saturated carbocycles. The van der Waals surface area contributed by atoms with E-state index in [4.69, 9.17) is 0 Å². The second-order valence-corrected chi connectivity index (χ2v) is 6.10. The Bertz CT molecular complexity index is 533. The van der Waals surface area contributed by atoms with Gasteiger partial charge in [-0.15, -0.1) is 11.3 Å². The lowest BCUT2D eigenvalue weighted by Gasteiger charge is -2.27. The maximum absolute atomic E-state index is 3.26. The number of benzene rings is 1. The van der Waals surface area contributed by atoms with Crippen molar-refractivity contribution in [3.63, 3.8) is 0 Å². The molecule has 100 valence electrons. The average Bonchev–Trinajstić information content (AvgIpc) is 2.83. The highest BCUT2D eigenvalue weighted by molar-refractivity contribution is 7.10. The Morgan fingerprint density at radius 3 is 2.89 bits per heavy atom. The van der Waals surface area contributed by atoms with E-state index in [-0.39, 0.29) is 0 Å². The molecule has 1 N–H and O–H groups in total. The molecular formula is C16H20N2S. The Morgan fingerprint density at radius 1 is 1.26 bits per heavy atom. The largest absolute Gasteiger partial charge is 0.316 e. The van der Waals surface area contributed by atoms with Gasteiger partial charge in [0.1, 0.15) is 0 Å². The molecule has 2 nitrogen and oxygen atoms in total. The molecule has 1 aromatic heterocycles. The van der Waals surface area contributed by atoms with Gasteiger partial charge in [0, 0.05) is 31.1 Å². The molecule has 1 aliphatic rings.